The van der Waals surface area contributed by atoms with Gasteiger partial charge in [-0.2, -0.15) is 18.3 Å². The van der Waals surface area contributed by atoms with Crippen molar-refractivity contribution >= 4 is 0 Å². The number of hydrogen-bond donors (Lipinski definition) is 0. The molecule has 23 heavy (non-hydrogen) atoms. The molecule has 0 spiro atoms. The molecule has 0 amide bonds. The lowest BCUT2D eigenvalue weighted by molar-refractivity contribution is -0.184. The Morgan fingerprint density at radius 1 is 1.09 bits per heavy atom. The average Bonchev–Trinajstić information content (AvgIpc) is 2.99. The predicted molar refractivity (Wildman–Crippen MR) is 80.8 cm³/mol. The zero-order valence-corrected chi connectivity index (χ0v) is 12.5. The first kappa shape index (κ1) is 15.8. The van der Waals surface area contributed by atoms with Crippen LogP contribution in [-0.2, 0) is 6.54 Å². The minimum atomic E-state index is -4.21. The molecule has 3 nitrogen and oxygen atoms in total. The summed E-state index contributed by atoms with van der Waals surface area (Å²) < 4.78 is 40.3. The fourth-order valence-corrected chi connectivity index (χ4v) is 3.25. The molecule has 0 radical (unpaired) electrons. The number of halogens is 3. The molecule has 2 aromatic rings. The fourth-order valence-electron chi connectivity index (χ4n) is 3.25. The van der Waals surface area contributed by atoms with E-state index in [1.165, 1.54) is 10.7 Å². The van der Waals surface area contributed by atoms with Crippen molar-refractivity contribution in [3.05, 3.63) is 52.8 Å². The van der Waals surface area contributed by atoms with Crippen molar-refractivity contribution in [2.75, 3.05) is 0 Å². The molecule has 6 heteroatoms. The Labute approximate surface area is 131 Å². The zero-order chi connectivity index (χ0) is 16.4. The Kier molecular flexibility index (Phi) is 4.24. The van der Waals surface area contributed by atoms with Crippen LogP contribution in [0.15, 0.2) is 47.3 Å². The number of rotatable bonds is 3. The van der Waals surface area contributed by atoms with Gasteiger partial charge in [0, 0.05) is 18.2 Å². The van der Waals surface area contributed by atoms with Crippen molar-refractivity contribution in [1.29, 1.82) is 0 Å². The second kappa shape index (κ2) is 6.18. The predicted octanol–water partition coefficient (Wildman–Crippen LogP) is 3.89. The molecule has 0 N–H and O–H groups in total. The summed E-state index contributed by atoms with van der Waals surface area (Å²) in [6.07, 6.45) is -3.04. The first-order valence-electron chi connectivity index (χ1n) is 7.65. The van der Waals surface area contributed by atoms with Gasteiger partial charge in [-0.1, -0.05) is 36.8 Å². The van der Waals surface area contributed by atoms with E-state index in [1.807, 2.05) is 30.3 Å². The molecular formula is C17H17F3N2O. The maximum atomic E-state index is 13.1. The molecule has 1 fully saturated rings. The molecule has 2 atom stereocenters. The van der Waals surface area contributed by atoms with Crippen LogP contribution in [0, 0.1) is 11.8 Å². The lowest BCUT2D eigenvalue weighted by Gasteiger charge is -2.22. The number of benzene rings is 1. The summed E-state index contributed by atoms with van der Waals surface area (Å²) in [5.74, 6) is -1.91. The second-order valence-electron chi connectivity index (χ2n) is 5.94. The van der Waals surface area contributed by atoms with E-state index in [1.54, 1.807) is 6.07 Å². The molecule has 1 aromatic heterocycles. The first-order chi connectivity index (χ1) is 10.9. The summed E-state index contributed by atoms with van der Waals surface area (Å²) >= 11 is 0. The Morgan fingerprint density at radius 3 is 2.52 bits per heavy atom. The SMILES string of the molecule is O=c1ccc(-c2ccccc2)nn1CC1CCCC1C(F)(F)F. The normalized spacial score (nSPS) is 21.5. The van der Waals surface area contributed by atoms with Crippen molar-refractivity contribution in [2.45, 2.75) is 32.0 Å². The van der Waals surface area contributed by atoms with E-state index in [-0.39, 0.29) is 18.5 Å². The molecular weight excluding hydrogens is 305 g/mol. The summed E-state index contributed by atoms with van der Waals surface area (Å²) in [6, 6.07) is 12.2. The Bertz CT molecular complexity index is 725. The van der Waals surface area contributed by atoms with Gasteiger partial charge >= 0.3 is 6.18 Å². The van der Waals surface area contributed by atoms with Crippen LogP contribution in [0.2, 0.25) is 0 Å². The smallest absolute Gasteiger partial charge is 0.268 e. The minimum absolute atomic E-state index is 0.0175. The van der Waals surface area contributed by atoms with Gasteiger partial charge in [0.05, 0.1) is 11.6 Å². The lowest BCUT2D eigenvalue weighted by atomic mass is 9.95. The quantitative estimate of drug-likeness (QED) is 0.859. The van der Waals surface area contributed by atoms with Crippen LogP contribution in [0.25, 0.3) is 11.3 Å². The topological polar surface area (TPSA) is 34.9 Å². The maximum Gasteiger partial charge on any atom is 0.392 e. The fraction of sp³-hybridized carbons (Fsp3) is 0.412. The highest BCUT2D eigenvalue weighted by molar-refractivity contribution is 5.57. The van der Waals surface area contributed by atoms with Gasteiger partial charge < -0.3 is 0 Å². The van der Waals surface area contributed by atoms with Gasteiger partial charge in [-0.3, -0.25) is 4.79 Å². The van der Waals surface area contributed by atoms with Gasteiger partial charge in [-0.05, 0) is 24.8 Å². The third-order valence-corrected chi connectivity index (χ3v) is 4.42. The summed E-state index contributed by atoms with van der Waals surface area (Å²) in [4.78, 5) is 12.0. The number of aromatic nitrogens is 2. The van der Waals surface area contributed by atoms with Crippen molar-refractivity contribution in [3.63, 3.8) is 0 Å². The highest BCUT2D eigenvalue weighted by Crippen LogP contribution is 2.43. The van der Waals surface area contributed by atoms with Crippen LogP contribution in [0.1, 0.15) is 19.3 Å². The van der Waals surface area contributed by atoms with Gasteiger partial charge in [0.2, 0.25) is 0 Å². The Balaban J connectivity index is 1.87. The summed E-state index contributed by atoms with van der Waals surface area (Å²) in [7, 11) is 0. The molecule has 122 valence electrons. The van der Waals surface area contributed by atoms with Gasteiger partial charge in [0.15, 0.2) is 0 Å². The number of hydrogen-bond acceptors (Lipinski definition) is 2. The summed E-state index contributed by atoms with van der Waals surface area (Å²) in [5.41, 5.74) is 1.06. The van der Waals surface area contributed by atoms with E-state index in [0.717, 1.165) is 5.56 Å². The minimum Gasteiger partial charge on any atom is -0.268 e. The third kappa shape index (κ3) is 3.46. The van der Waals surface area contributed by atoms with E-state index in [4.69, 9.17) is 0 Å². The van der Waals surface area contributed by atoms with E-state index in [9.17, 15) is 18.0 Å². The molecule has 1 aliphatic rings. The van der Waals surface area contributed by atoms with Crippen LogP contribution in [0.5, 0.6) is 0 Å². The van der Waals surface area contributed by atoms with Gasteiger partial charge in [0.25, 0.3) is 5.56 Å². The van der Waals surface area contributed by atoms with Crippen LogP contribution in [0.3, 0.4) is 0 Å². The van der Waals surface area contributed by atoms with Gasteiger partial charge in [0.1, 0.15) is 0 Å². The molecule has 1 saturated carbocycles. The van der Waals surface area contributed by atoms with Crippen LogP contribution in [0.4, 0.5) is 13.2 Å². The average molecular weight is 322 g/mol. The Hall–Kier alpha value is -2.11. The molecule has 3 rings (SSSR count). The molecule has 0 saturated heterocycles. The monoisotopic (exact) mass is 322 g/mol. The molecule has 0 bridgehead atoms. The zero-order valence-electron chi connectivity index (χ0n) is 12.5. The lowest BCUT2D eigenvalue weighted by Crippen LogP contribution is -2.33. The molecule has 1 heterocycles. The molecule has 2 unspecified atom stereocenters. The molecule has 1 aromatic carbocycles. The molecule has 1 aliphatic carbocycles. The highest BCUT2D eigenvalue weighted by atomic mass is 19.4. The number of alkyl halides is 3. The van der Waals surface area contributed by atoms with Gasteiger partial charge in [-0.15, -0.1) is 0 Å². The largest absolute Gasteiger partial charge is 0.392 e. The maximum absolute atomic E-state index is 13.1. The van der Waals surface area contributed by atoms with Gasteiger partial charge in [-0.25, -0.2) is 4.68 Å². The Morgan fingerprint density at radius 2 is 1.83 bits per heavy atom. The van der Waals surface area contributed by atoms with E-state index >= 15 is 0 Å². The second-order valence-corrected chi connectivity index (χ2v) is 5.94. The van der Waals surface area contributed by atoms with Crippen molar-refractivity contribution in [1.82, 2.24) is 9.78 Å². The van der Waals surface area contributed by atoms with E-state index < -0.39 is 18.0 Å². The first-order valence-corrected chi connectivity index (χ1v) is 7.65. The van der Waals surface area contributed by atoms with E-state index in [2.05, 4.69) is 5.10 Å². The standard InChI is InChI=1S/C17H17F3N2O/c18-17(19,20)14-8-4-7-13(14)11-22-16(23)10-9-15(21-22)12-5-2-1-3-6-12/h1-3,5-6,9-10,13-14H,4,7-8,11H2. The van der Waals surface area contributed by atoms with Crippen LogP contribution < -0.4 is 5.56 Å². The van der Waals surface area contributed by atoms with Crippen LogP contribution in [-0.4, -0.2) is 16.0 Å². The van der Waals surface area contributed by atoms with Crippen molar-refractivity contribution in [2.24, 2.45) is 11.8 Å². The van der Waals surface area contributed by atoms with E-state index in [0.29, 0.717) is 18.5 Å². The highest BCUT2D eigenvalue weighted by Gasteiger charge is 2.46. The summed E-state index contributed by atoms with van der Waals surface area (Å²) in [5, 5.41) is 4.26. The third-order valence-electron chi connectivity index (χ3n) is 4.42. The van der Waals surface area contributed by atoms with Crippen molar-refractivity contribution < 1.29 is 13.2 Å². The van der Waals surface area contributed by atoms with Crippen molar-refractivity contribution in [3.8, 4) is 11.3 Å². The number of nitrogens with zero attached hydrogens (tertiary/aromatic N) is 2. The molecule has 0 aliphatic heterocycles. The summed E-state index contributed by atoms with van der Waals surface area (Å²) in [6.45, 7) is 0.0175. The van der Waals surface area contributed by atoms with Crippen LogP contribution >= 0.6 is 0 Å².